The molecule has 2 N–H and O–H groups in total. The molecule has 1 aliphatic heterocycles. The van der Waals surface area contributed by atoms with Crippen molar-refractivity contribution in [3.8, 4) is 0 Å². The largest absolute Gasteiger partial charge is 0.376 e. The van der Waals surface area contributed by atoms with Crippen LogP contribution in [0.2, 0.25) is 0 Å². The van der Waals surface area contributed by atoms with Crippen molar-refractivity contribution in [2.75, 3.05) is 19.7 Å². The summed E-state index contributed by atoms with van der Waals surface area (Å²) >= 11 is 0. The van der Waals surface area contributed by atoms with E-state index in [0.29, 0.717) is 6.54 Å². The van der Waals surface area contributed by atoms with E-state index in [1.807, 2.05) is 25.7 Å². The predicted octanol–water partition coefficient (Wildman–Crippen LogP) is 1.78. The lowest BCUT2D eigenvalue weighted by molar-refractivity contribution is -0.139. The molecule has 0 radical (unpaired) electrons. The molecule has 1 unspecified atom stereocenters. The second-order valence-corrected chi connectivity index (χ2v) is 6.26. The predicted molar refractivity (Wildman–Crippen MR) is 73.3 cm³/mol. The Kier molecular flexibility index (Phi) is 5.60. The van der Waals surface area contributed by atoms with Crippen LogP contribution in [0.3, 0.4) is 0 Å². The summed E-state index contributed by atoms with van der Waals surface area (Å²) in [7, 11) is 0. The van der Waals surface area contributed by atoms with Crippen LogP contribution in [0.25, 0.3) is 0 Å². The van der Waals surface area contributed by atoms with Crippen LogP contribution in [0.15, 0.2) is 0 Å². The molecule has 4 nitrogen and oxygen atoms in total. The zero-order valence-electron chi connectivity index (χ0n) is 12.2. The molecule has 0 aliphatic carbocycles. The van der Waals surface area contributed by atoms with Crippen molar-refractivity contribution in [2.24, 2.45) is 11.1 Å². The van der Waals surface area contributed by atoms with Gasteiger partial charge in [-0.2, -0.15) is 0 Å². The monoisotopic (exact) mass is 256 g/mol. The summed E-state index contributed by atoms with van der Waals surface area (Å²) in [5.41, 5.74) is 5.85. The van der Waals surface area contributed by atoms with Crippen LogP contribution in [-0.2, 0) is 9.53 Å². The van der Waals surface area contributed by atoms with Gasteiger partial charge in [0.1, 0.15) is 0 Å². The third-order valence-corrected chi connectivity index (χ3v) is 3.45. The molecule has 106 valence electrons. The minimum absolute atomic E-state index is 0.0623. The molecular formula is C14H28N2O2. The van der Waals surface area contributed by atoms with Crippen LogP contribution < -0.4 is 5.73 Å². The van der Waals surface area contributed by atoms with Crippen molar-refractivity contribution in [2.45, 2.75) is 59.1 Å². The Hall–Kier alpha value is -0.610. The molecule has 1 rings (SSSR count). The number of likely N-dealkylation sites (tertiary alicyclic amines) is 1. The van der Waals surface area contributed by atoms with E-state index >= 15 is 0 Å². The summed E-state index contributed by atoms with van der Waals surface area (Å²) in [4.78, 5) is 14.2. The third kappa shape index (κ3) is 4.25. The molecule has 2 atom stereocenters. The summed E-state index contributed by atoms with van der Waals surface area (Å²) < 4.78 is 5.74. The summed E-state index contributed by atoms with van der Waals surface area (Å²) in [5.74, 6) is 0.0623. The van der Waals surface area contributed by atoms with Crippen LogP contribution in [0.4, 0.5) is 0 Å². The maximum Gasteiger partial charge on any atom is 0.240 e. The van der Waals surface area contributed by atoms with Gasteiger partial charge in [0.15, 0.2) is 0 Å². The lowest BCUT2D eigenvalue weighted by Crippen LogP contribution is -2.54. The van der Waals surface area contributed by atoms with E-state index < -0.39 is 6.04 Å². The molecule has 18 heavy (non-hydrogen) atoms. The maximum atomic E-state index is 12.3. The first-order valence-electron chi connectivity index (χ1n) is 7.02. The van der Waals surface area contributed by atoms with Crippen molar-refractivity contribution in [1.82, 2.24) is 4.90 Å². The Morgan fingerprint density at radius 2 is 2.17 bits per heavy atom. The van der Waals surface area contributed by atoms with Crippen molar-refractivity contribution in [3.05, 3.63) is 0 Å². The lowest BCUT2D eigenvalue weighted by atomic mass is 9.86. The Labute approximate surface area is 111 Å². The van der Waals surface area contributed by atoms with E-state index in [-0.39, 0.29) is 17.4 Å². The molecule has 0 bridgehead atoms. The van der Waals surface area contributed by atoms with Gasteiger partial charge in [-0.15, -0.1) is 0 Å². The Bertz CT molecular complexity index is 273. The minimum Gasteiger partial charge on any atom is -0.376 e. The van der Waals surface area contributed by atoms with Gasteiger partial charge >= 0.3 is 0 Å². The lowest BCUT2D eigenvalue weighted by Gasteiger charge is -2.37. The van der Waals surface area contributed by atoms with Crippen molar-refractivity contribution in [3.63, 3.8) is 0 Å². The number of nitrogens with two attached hydrogens (primary N) is 1. The fourth-order valence-corrected chi connectivity index (χ4v) is 2.13. The van der Waals surface area contributed by atoms with Gasteiger partial charge in [0.05, 0.1) is 12.1 Å². The number of rotatable bonds is 4. The molecule has 1 heterocycles. The molecule has 0 saturated carbocycles. The fourth-order valence-electron chi connectivity index (χ4n) is 2.13. The number of carbonyl (C=O) groups excluding carboxylic acids is 1. The molecule has 1 aliphatic rings. The van der Waals surface area contributed by atoms with Gasteiger partial charge in [-0.1, -0.05) is 27.7 Å². The van der Waals surface area contributed by atoms with E-state index in [4.69, 9.17) is 10.5 Å². The molecule has 0 aromatic carbocycles. The zero-order chi connectivity index (χ0) is 13.8. The molecular weight excluding hydrogens is 228 g/mol. The van der Waals surface area contributed by atoms with Gasteiger partial charge in [-0.3, -0.25) is 4.79 Å². The zero-order valence-corrected chi connectivity index (χ0v) is 12.2. The molecule has 1 saturated heterocycles. The number of ether oxygens (including phenoxy) is 1. The first kappa shape index (κ1) is 15.4. The average Bonchev–Trinajstić information content (AvgIpc) is 2.33. The second kappa shape index (κ2) is 6.53. The smallest absolute Gasteiger partial charge is 0.240 e. The van der Waals surface area contributed by atoms with E-state index in [1.165, 1.54) is 0 Å². The van der Waals surface area contributed by atoms with Gasteiger partial charge in [0.2, 0.25) is 5.91 Å². The van der Waals surface area contributed by atoms with Crippen LogP contribution in [0.5, 0.6) is 0 Å². The molecule has 1 amide bonds. The molecule has 1 fully saturated rings. The normalized spacial score (nSPS) is 22.9. The molecule has 0 aromatic heterocycles. The van der Waals surface area contributed by atoms with Gasteiger partial charge in [0.25, 0.3) is 0 Å². The van der Waals surface area contributed by atoms with E-state index in [9.17, 15) is 4.79 Å². The number of carbonyl (C=O) groups is 1. The fraction of sp³-hybridized carbons (Fsp3) is 0.929. The van der Waals surface area contributed by atoms with E-state index in [0.717, 1.165) is 32.4 Å². The average molecular weight is 256 g/mol. The Balaban J connectivity index is 2.53. The van der Waals surface area contributed by atoms with Crippen LogP contribution >= 0.6 is 0 Å². The Morgan fingerprint density at radius 1 is 1.50 bits per heavy atom. The number of hydrogen-bond acceptors (Lipinski definition) is 3. The summed E-state index contributed by atoms with van der Waals surface area (Å²) in [6, 6.07) is -0.428. The van der Waals surface area contributed by atoms with Gasteiger partial charge in [-0.05, 0) is 24.7 Å². The van der Waals surface area contributed by atoms with Gasteiger partial charge < -0.3 is 15.4 Å². The number of amides is 1. The van der Waals surface area contributed by atoms with Gasteiger partial charge in [0, 0.05) is 19.7 Å². The highest BCUT2D eigenvalue weighted by molar-refractivity contribution is 5.82. The SMILES string of the molecule is CCCOC1CCCN(C(=O)[C@@H](N)C(C)(C)C)C1. The van der Waals surface area contributed by atoms with Crippen molar-refractivity contribution < 1.29 is 9.53 Å². The molecule has 0 aromatic rings. The standard InChI is InChI=1S/C14H28N2O2/c1-5-9-18-11-7-6-8-16(10-11)13(17)12(15)14(2,3)4/h11-12H,5-10,15H2,1-4H3/t11?,12-/m1/s1. The first-order valence-corrected chi connectivity index (χ1v) is 7.02. The Morgan fingerprint density at radius 3 is 2.72 bits per heavy atom. The van der Waals surface area contributed by atoms with Crippen LogP contribution in [0.1, 0.15) is 47.0 Å². The van der Waals surface area contributed by atoms with Crippen LogP contribution in [0, 0.1) is 5.41 Å². The molecule has 0 spiro atoms. The highest BCUT2D eigenvalue weighted by Gasteiger charge is 2.33. The third-order valence-electron chi connectivity index (χ3n) is 3.45. The summed E-state index contributed by atoms with van der Waals surface area (Å²) in [6.45, 7) is 10.4. The highest BCUT2D eigenvalue weighted by atomic mass is 16.5. The van der Waals surface area contributed by atoms with E-state index in [1.54, 1.807) is 0 Å². The van der Waals surface area contributed by atoms with Crippen molar-refractivity contribution in [1.29, 1.82) is 0 Å². The topological polar surface area (TPSA) is 55.6 Å². The number of piperidine rings is 1. The molecule has 4 heteroatoms. The minimum atomic E-state index is -0.428. The summed E-state index contributed by atoms with van der Waals surface area (Å²) in [5, 5.41) is 0. The maximum absolute atomic E-state index is 12.3. The van der Waals surface area contributed by atoms with Gasteiger partial charge in [-0.25, -0.2) is 0 Å². The number of hydrogen-bond donors (Lipinski definition) is 1. The van der Waals surface area contributed by atoms with Crippen molar-refractivity contribution >= 4 is 5.91 Å². The van der Waals surface area contributed by atoms with E-state index in [2.05, 4.69) is 6.92 Å². The second-order valence-electron chi connectivity index (χ2n) is 6.26. The summed E-state index contributed by atoms with van der Waals surface area (Å²) in [6.07, 6.45) is 3.27. The first-order chi connectivity index (χ1) is 8.36. The number of nitrogens with zero attached hydrogens (tertiary/aromatic N) is 1. The quantitative estimate of drug-likeness (QED) is 0.834. The highest BCUT2D eigenvalue weighted by Crippen LogP contribution is 2.21. The van der Waals surface area contributed by atoms with Crippen LogP contribution in [-0.4, -0.2) is 42.6 Å².